The first-order valence-corrected chi connectivity index (χ1v) is 5.28. The number of carbonyl (C=O) groups excluding carboxylic acids is 1. The smallest absolute Gasteiger partial charge is 0.302 e. The van der Waals surface area contributed by atoms with E-state index in [-0.39, 0.29) is 5.97 Å². The molecule has 1 N–H and O–H groups in total. The lowest BCUT2D eigenvalue weighted by Gasteiger charge is -2.02. The highest BCUT2D eigenvalue weighted by Crippen LogP contribution is 1.91. The standard InChI is InChI=1S/C6H12O2.C5H12O/c1-5(2)4-8-6(3)7;1-2-3-4-5-6/h5H,4H2,1-3H3;6H,2-5H2,1H3. The fraction of sp³-hybridized carbons (Fsp3) is 0.909. The zero-order valence-electron chi connectivity index (χ0n) is 9.88. The monoisotopic (exact) mass is 204 g/mol. The van der Waals surface area contributed by atoms with E-state index in [9.17, 15) is 4.79 Å². The van der Waals surface area contributed by atoms with Crippen LogP contribution in [0.4, 0.5) is 0 Å². The number of hydrogen-bond donors (Lipinski definition) is 1. The zero-order chi connectivity index (χ0) is 11.4. The van der Waals surface area contributed by atoms with E-state index in [1.165, 1.54) is 13.3 Å². The maximum absolute atomic E-state index is 10.1. The fourth-order valence-corrected chi connectivity index (χ4v) is 0.646. The molecule has 0 aliphatic heterocycles. The molecule has 0 atom stereocenters. The van der Waals surface area contributed by atoms with E-state index in [1.807, 2.05) is 13.8 Å². The number of ether oxygens (including phenoxy) is 1. The Kier molecular flexibility index (Phi) is 14.1. The summed E-state index contributed by atoms with van der Waals surface area (Å²) in [6.45, 7) is 8.44. The van der Waals surface area contributed by atoms with E-state index in [1.54, 1.807) is 0 Å². The van der Waals surface area contributed by atoms with Crippen molar-refractivity contribution in [2.75, 3.05) is 13.2 Å². The molecule has 0 amide bonds. The van der Waals surface area contributed by atoms with Crippen LogP contribution in [-0.4, -0.2) is 24.3 Å². The van der Waals surface area contributed by atoms with Crippen molar-refractivity contribution >= 4 is 5.97 Å². The second-order valence-corrected chi connectivity index (χ2v) is 3.63. The van der Waals surface area contributed by atoms with E-state index in [2.05, 4.69) is 11.7 Å². The van der Waals surface area contributed by atoms with Crippen molar-refractivity contribution in [2.24, 2.45) is 5.92 Å². The summed E-state index contributed by atoms with van der Waals surface area (Å²) in [6, 6.07) is 0. The van der Waals surface area contributed by atoms with Gasteiger partial charge >= 0.3 is 5.97 Å². The van der Waals surface area contributed by atoms with Gasteiger partial charge in [-0.05, 0) is 12.3 Å². The summed E-state index contributed by atoms with van der Waals surface area (Å²) in [6.07, 6.45) is 3.33. The molecule has 0 saturated carbocycles. The third-order valence-electron chi connectivity index (χ3n) is 1.38. The molecule has 0 aromatic carbocycles. The first-order valence-electron chi connectivity index (χ1n) is 5.28. The first-order chi connectivity index (χ1) is 6.54. The largest absolute Gasteiger partial charge is 0.466 e. The number of rotatable bonds is 5. The molecule has 0 aliphatic carbocycles. The van der Waals surface area contributed by atoms with Crippen LogP contribution in [0.15, 0.2) is 0 Å². The summed E-state index contributed by atoms with van der Waals surface area (Å²) in [5.74, 6) is 0.248. The highest BCUT2D eigenvalue weighted by Gasteiger charge is 1.94. The molecule has 0 bridgehead atoms. The van der Waals surface area contributed by atoms with Crippen molar-refractivity contribution in [3.05, 3.63) is 0 Å². The molecular formula is C11H24O3. The predicted molar refractivity (Wildman–Crippen MR) is 58.1 cm³/mol. The van der Waals surface area contributed by atoms with Crippen LogP contribution in [0.3, 0.4) is 0 Å². The van der Waals surface area contributed by atoms with E-state index in [0.29, 0.717) is 19.1 Å². The van der Waals surface area contributed by atoms with E-state index >= 15 is 0 Å². The molecule has 0 unspecified atom stereocenters. The summed E-state index contributed by atoms with van der Waals surface area (Å²) < 4.78 is 4.66. The normalized spacial score (nSPS) is 9.29. The van der Waals surface area contributed by atoms with E-state index < -0.39 is 0 Å². The van der Waals surface area contributed by atoms with Crippen molar-refractivity contribution < 1.29 is 14.6 Å². The summed E-state index contributed by atoms with van der Waals surface area (Å²) in [5, 5.41) is 8.20. The average Bonchev–Trinajstić information content (AvgIpc) is 2.12. The Labute approximate surface area is 87.5 Å². The third kappa shape index (κ3) is 22.5. The van der Waals surface area contributed by atoms with Crippen molar-refractivity contribution in [3.63, 3.8) is 0 Å². The molecule has 0 heterocycles. The molecule has 0 radical (unpaired) electrons. The van der Waals surface area contributed by atoms with Gasteiger partial charge in [0.2, 0.25) is 0 Å². The van der Waals surface area contributed by atoms with Crippen LogP contribution in [0.1, 0.15) is 47.0 Å². The Balaban J connectivity index is 0. The van der Waals surface area contributed by atoms with Gasteiger partial charge in [-0.25, -0.2) is 0 Å². The summed E-state index contributed by atoms with van der Waals surface area (Å²) >= 11 is 0. The van der Waals surface area contributed by atoms with Gasteiger partial charge in [0.15, 0.2) is 0 Å². The van der Waals surface area contributed by atoms with Crippen LogP contribution < -0.4 is 0 Å². The lowest BCUT2D eigenvalue weighted by atomic mass is 10.2. The van der Waals surface area contributed by atoms with Gasteiger partial charge in [0.05, 0.1) is 6.61 Å². The van der Waals surface area contributed by atoms with Gasteiger partial charge in [0.1, 0.15) is 0 Å². The van der Waals surface area contributed by atoms with Gasteiger partial charge in [-0.1, -0.05) is 33.6 Å². The van der Waals surface area contributed by atoms with Gasteiger partial charge in [0, 0.05) is 13.5 Å². The molecule has 0 rings (SSSR count). The minimum Gasteiger partial charge on any atom is -0.466 e. The topological polar surface area (TPSA) is 46.5 Å². The first kappa shape index (κ1) is 15.9. The SMILES string of the molecule is CC(=O)OCC(C)C.CCCCCO. The van der Waals surface area contributed by atoms with Crippen LogP contribution in [0.25, 0.3) is 0 Å². The Bertz CT molecular complexity index is 118. The van der Waals surface area contributed by atoms with Gasteiger partial charge in [-0.2, -0.15) is 0 Å². The number of unbranched alkanes of at least 4 members (excludes halogenated alkanes) is 2. The summed E-state index contributed by atoms with van der Waals surface area (Å²) in [4.78, 5) is 10.1. The molecule has 0 aromatic rings. The van der Waals surface area contributed by atoms with Crippen molar-refractivity contribution in [3.8, 4) is 0 Å². The molecule has 86 valence electrons. The quantitative estimate of drug-likeness (QED) is 0.552. The second kappa shape index (κ2) is 12.4. The number of esters is 1. The molecule has 0 saturated heterocycles. The second-order valence-electron chi connectivity index (χ2n) is 3.63. The number of hydrogen-bond acceptors (Lipinski definition) is 3. The Morgan fingerprint density at radius 3 is 2.07 bits per heavy atom. The fourth-order valence-electron chi connectivity index (χ4n) is 0.646. The van der Waals surface area contributed by atoms with Gasteiger partial charge in [-0.3, -0.25) is 4.79 Å². The van der Waals surface area contributed by atoms with Gasteiger partial charge in [0.25, 0.3) is 0 Å². The summed E-state index contributed by atoms with van der Waals surface area (Å²) in [5.41, 5.74) is 0. The molecule has 3 heteroatoms. The highest BCUT2D eigenvalue weighted by molar-refractivity contribution is 5.65. The van der Waals surface area contributed by atoms with Gasteiger partial charge in [-0.15, -0.1) is 0 Å². The van der Waals surface area contributed by atoms with E-state index in [4.69, 9.17) is 5.11 Å². The molecule has 0 spiro atoms. The average molecular weight is 204 g/mol. The number of carbonyl (C=O) groups is 1. The van der Waals surface area contributed by atoms with Crippen LogP contribution in [0.5, 0.6) is 0 Å². The summed E-state index contributed by atoms with van der Waals surface area (Å²) in [7, 11) is 0. The highest BCUT2D eigenvalue weighted by atomic mass is 16.5. The molecule has 0 aliphatic rings. The molecule has 3 nitrogen and oxygen atoms in total. The lowest BCUT2D eigenvalue weighted by Crippen LogP contribution is -2.05. The Morgan fingerprint density at radius 1 is 1.36 bits per heavy atom. The molecule has 0 fully saturated rings. The third-order valence-corrected chi connectivity index (χ3v) is 1.38. The zero-order valence-corrected chi connectivity index (χ0v) is 9.88. The van der Waals surface area contributed by atoms with Crippen LogP contribution in [-0.2, 0) is 9.53 Å². The van der Waals surface area contributed by atoms with Crippen molar-refractivity contribution in [2.45, 2.75) is 47.0 Å². The molecular weight excluding hydrogens is 180 g/mol. The van der Waals surface area contributed by atoms with Crippen molar-refractivity contribution in [1.82, 2.24) is 0 Å². The van der Waals surface area contributed by atoms with E-state index in [0.717, 1.165) is 12.8 Å². The Hall–Kier alpha value is -0.570. The maximum atomic E-state index is 10.1. The van der Waals surface area contributed by atoms with Gasteiger partial charge < -0.3 is 9.84 Å². The molecule has 14 heavy (non-hydrogen) atoms. The van der Waals surface area contributed by atoms with Crippen LogP contribution >= 0.6 is 0 Å². The Morgan fingerprint density at radius 2 is 1.93 bits per heavy atom. The van der Waals surface area contributed by atoms with Crippen LogP contribution in [0, 0.1) is 5.92 Å². The van der Waals surface area contributed by atoms with Crippen LogP contribution in [0.2, 0.25) is 0 Å². The number of aliphatic hydroxyl groups excluding tert-OH is 1. The maximum Gasteiger partial charge on any atom is 0.302 e. The minimum absolute atomic E-state index is 0.196. The minimum atomic E-state index is -0.196. The molecule has 0 aromatic heterocycles. The lowest BCUT2D eigenvalue weighted by molar-refractivity contribution is -0.141. The number of aliphatic hydroxyl groups is 1. The predicted octanol–water partition coefficient (Wildman–Crippen LogP) is 2.37. The van der Waals surface area contributed by atoms with Crippen molar-refractivity contribution in [1.29, 1.82) is 0 Å².